The first kappa shape index (κ1) is 11.5. The van der Waals surface area contributed by atoms with Crippen LogP contribution in [0, 0.1) is 0 Å². The first-order valence-corrected chi connectivity index (χ1v) is 6.74. The number of benzene rings is 1. The number of nitrogens with zero attached hydrogens (tertiary/aromatic N) is 3. The van der Waals surface area contributed by atoms with Crippen molar-refractivity contribution in [3.8, 4) is 0 Å². The molecule has 0 saturated heterocycles. The normalized spacial score (nSPS) is 11.2. The van der Waals surface area contributed by atoms with Gasteiger partial charge in [0.2, 0.25) is 0 Å². The number of hydrogen-bond donors (Lipinski definition) is 0. The average molecular weight is 304 g/mol. The summed E-state index contributed by atoms with van der Waals surface area (Å²) in [5.74, 6) is 1.12. The fourth-order valence-electron chi connectivity index (χ4n) is 2.22. The Bertz CT molecular complexity index is 681. The van der Waals surface area contributed by atoms with Crippen LogP contribution >= 0.6 is 15.9 Å². The summed E-state index contributed by atoms with van der Waals surface area (Å²) in [6, 6.07) is 8.53. The van der Waals surface area contributed by atoms with Crippen molar-refractivity contribution >= 4 is 26.8 Å². The number of fused-ring (bicyclic) bond motifs is 1. The monoisotopic (exact) mass is 303 g/mol. The molecule has 0 atom stereocenters. The highest BCUT2D eigenvalue weighted by atomic mass is 79.9. The molecule has 0 aliphatic heterocycles. The highest BCUT2D eigenvalue weighted by Gasteiger charge is 2.03. The Balaban J connectivity index is 1.85. The number of aromatic nitrogens is 3. The molecule has 4 heteroatoms. The second kappa shape index (κ2) is 4.61. The fourth-order valence-corrected chi connectivity index (χ4v) is 2.60. The summed E-state index contributed by atoms with van der Waals surface area (Å²) in [5, 5.41) is 1.27. The van der Waals surface area contributed by atoms with E-state index in [0.29, 0.717) is 0 Å². The maximum absolute atomic E-state index is 4.35. The van der Waals surface area contributed by atoms with Gasteiger partial charge in [0.05, 0.1) is 0 Å². The van der Waals surface area contributed by atoms with Crippen molar-refractivity contribution in [2.75, 3.05) is 0 Å². The van der Waals surface area contributed by atoms with E-state index in [1.807, 2.05) is 19.4 Å². The van der Waals surface area contributed by atoms with Crippen molar-refractivity contribution in [1.82, 2.24) is 14.1 Å². The van der Waals surface area contributed by atoms with Crippen molar-refractivity contribution in [2.24, 2.45) is 7.05 Å². The van der Waals surface area contributed by atoms with Gasteiger partial charge in [-0.2, -0.15) is 0 Å². The lowest BCUT2D eigenvalue weighted by atomic mass is 10.2. The fraction of sp³-hybridized carbons (Fsp3) is 0.214. The Morgan fingerprint density at radius 2 is 2.11 bits per heavy atom. The molecule has 0 radical (unpaired) electrons. The summed E-state index contributed by atoms with van der Waals surface area (Å²) in [4.78, 5) is 4.35. The van der Waals surface area contributed by atoms with E-state index in [0.717, 1.165) is 23.3 Å². The molecule has 0 N–H and O–H groups in total. The molecule has 18 heavy (non-hydrogen) atoms. The number of hydrogen-bond acceptors (Lipinski definition) is 1. The smallest absolute Gasteiger partial charge is 0.110 e. The maximum atomic E-state index is 4.35. The van der Waals surface area contributed by atoms with Gasteiger partial charge in [0.25, 0.3) is 0 Å². The lowest BCUT2D eigenvalue weighted by Gasteiger charge is -2.05. The van der Waals surface area contributed by atoms with E-state index in [4.69, 9.17) is 0 Å². The molecule has 0 aliphatic carbocycles. The average Bonchev–Trinajstić information content (AvgIpc) is 2.93. The molecule has 1 aromatic carbocycles. The maximum Gasteiger partial charge on any atom is 0.110 e. The third kappa shape index (κ3) is 2.08. The zero-order valence-corrected chi connectivity index (χ0v) is 11.8. The summed E-state index contributed by atoms with van der Waals surface area (Å²) in [5.41, 5.74) is 1.27. The van der Waals surface area contributed by atoms with Crippen LogP contribution in [0.5, 0.6) is 0 Å². The predicted molar refractivity (Wildman–Crippen MR) is 76.6 cm³/mol. The van der Waals surface area contributed by atoms with Crippen LogP contribution in [0.3, 0.4) is 0 Å². The van der Waals surface area contributed by atoms with Crippen molar-refractivity contribution in [3.05, 3.63) is 53.2 Å². The number of halogens is 1. The summed E-state index contributed by atoms with van der Waals surface area (Å²) in [6.45, 7) is 0.954. The molecule has 0 aliphatic rings. The van der Waals surface area contributed by atoms with Crippen LogP contribution in [-0.4, -0.2) is 14.1 Å². The summed E-state index contributed by atoms with van der Waals surface area (Å²) in [6.07, 6.45) is 6.92. The zero-order chi connectivity index (χ0) is 12.5. The van der Waals surface area contributed by atoms with Crippen molar-refractivity contribution in [3.63, 3.8) is 0 Å². The largest absolute Gasteiger partial charge is 0.347 e. The molecule has 3 aromatic rings. The summed E-state index contributed by atoms with van der Waals surface area (Å²) in [7, 11) is 2.03. The number of imidazole rings is 1. The molecule has 92 valence electrons. The number of aryl methyl sites for hydroxylation is 3. The Morgan fingerprint density at radius 1 is 1.22 bits per heavy atom. The summed E-state index contributed by atoms with van der Waals surface area (Å²) < 4.78 is 5.47. The van der Waals surface area contributed by atoms with E-state index in [2.05, 4.69) is 60.5 Å². The first-order chi connectivity index (χ1) is 8.74. The standard InChI is InChI=1S/C14H14BrN3/c1-17-9-6-16-14(17)5-8-18-7-4-11-10-12(15)2-3-13(11)18/h2-4,6-7,9-10H,5,8H2,1H3. The molecule has 2 aromatic heterocycles. The third-order valence-electron chi connectivity index (χ3n) is 3.23. The lowest BCUT2D eigenvalue weighted by molar-refractivity contribution is 0.668. The van der Waals surface area contributed by atoms with Crippen LogP contribution in [0.2, 0.25) is 0 Å². The molecule has 3 rings (SSSR count). The minimum absolute atomic E-state index is 0.948. The lowest BCUT2D eigenvalue weighted by Crippen LogP contribution is -2.04. The van der Waals surface area contributed by atoms with Gasteiger partial charge in [0, 0.05) is 54.0 Å². The van der Waals surface area contributed by atoms with E-state index in [9.17, 15) is 0 Å². The zero-order valence-electron chi connectivity index (χ0n) is 10.2. The van der Waals surface area contributed by atoms with Crippen molar-refractivity contribution in [2.45, 2.75) is 13.0 Å². The molecular weight excluding hydrogens is 290 g/mol. The van der Waals surface area contributed by atoms with Crippen LogP contribution in [-0.2, 0) is 20.0 Å². The SMILES string of the molecule is Cn1ccnc1CCn1ccc2cc(Br)ccc21. The van der Waals surface area contributed by atoms with Crippen LogP contribution in [0.4, 0.5) is 0 Å². The molecule has 0 spiro atoms. The van der Waals surface area contributed by atoms with Gasteiger partial charge in [-0.05, 0) is 24.3 Å². The van der Waals surface area contributed by atoms with Crippen molar-refractivity contribution < 1.29 is 0 Å². The molecule has 0 fully saturated rings. The second-order valence-corrected chi connectivity index (χ2v) is 5.33. The van der Waals surface area contributed by atoms with Crippen LogP contribution in [0.25, 0.3) is 10.9 Å². The van der Waals surface area contributed by atoms with Crippen LogP contribution in [0.1, 0.15) is 5.82 Å². The molecule has 0 unspecified atom stereocenters. The van der Waals surface area contributed by atoms with Gasteiger partial charge in [-0.1, -0.05) is 15.9 Å². The van der Waals surface area contributed by atoms with Gasteiger partial charge >= 0.3 is 0 Å². The number of rotatable bonds is 3. The Morgan fingerprint density at radius 3 is 2.89 bits per heavy atom. The molecule has 3 nitrogen and oxygen atoms in total. The van der Waals surface area contributed by atoms with Gasteiger partial charge in [0.1, 0.15) is 5.82 Å². The van der Waals surface area contributed by atoms with E-state index in [-0.39, 0.29) is 0 Å². The van der Waals surface area contributed by atoms with Gasteiger partial charge in [-0.25, -0.2) is 4.98 Å². The van der Waals surface area contributed by atoms with Crippen LogP contribution in [0.15, 0.2) is 47.3 Å². The molecular formula is C14H14BrN3. The minimum atomic E-state index is 0.948. The first-order valence-electron chi connectivity index (χ1n) is 5.94. The van der Waals surface area contributed by atoms with Crippen LogP contribution < -0.4 is 0 Å². The molecule has 0 amide bonds. The predicted octanol–water partition coefficient (Wildman–Crippen LogP) is 3.38. The quantitative estimate of drug-likeness (QED) is 0.727. The minimum Gasteiger partial charge on any atom is -0.347 e. The second-order valence-electron chi connectivity index (χ2n) is 4.42. The Labute approximate surface area is 114 Å². The van der Waals surface area contributed by atoms with E-state index in [1.165, 1.54) is 10.9 Å². The third-order valence-corrected chi connectivity index (χ3v) is 3.72. The van der Waals surface area contributed by atoms with Gasteiger partial charge in [-0.3, -0.25) is 0 Å². The van der Waals surface area contributed by atoms with E-state index in [1.54, 1.807) is 0 Å². The van der Waals surface area contributed by atoms with E-state index >= 15 is 0 Å². The van der Waals surface area contributed by atoms with E-state index < -0.39 is 0 Å². The topological polar surface area (TPSA) is 22.8 Å². The van der Waals surface area contributed by atoms with Gasteiger partial charge in [0.15, 0.2) is 0 Å². The van der Waals surface area contributed by atoms with Gasteiger partial charge in [-0.15, -0.1) is 0 Å². The molecule has 2 heterocycles. The van der Waals surface area contributed by atoms with Gasteiger partial charge < -0.3 is 9.13 Å². The Hall–Kier alpha value is -1.55. The summed E-state index contributed by atoms with van der Waals surface area (Å²) >= 11 is 3.50. The van der Waals surface area contributed by atoms with Crippen molar-refractivity contribution in [1.29, 1.82) is 0 Å². The highest BCUT2D eigenvalue weighted by molar-refractivity contribution is 9.10. The molecule has 0 saturated carbocycles. The Kier molecular flexibility index (Phi) is 2.96. The highest BCUT2D eigenvalue weighted by Crippen LogP contribution is 2.21. The molecule has 0 bridgehead atoms.